The standard InChI is InChI=1S/C9H10F3NS/c1-5-3-6(2)8(13)7(4-5)14-9(10,11)12/h3-4H,13H2,1-2H3. The highest BCUT2D eigenvalue weighted by molar-refractivity contribution is 8.00. The van der Waals surface area contributed by atoms with Crippen molar-refractivity contribution in [3.05, 3.63) is 23.3 Å². The van der Waals surface area contributed by atoms with E-state index in [1.807, 2.05) is 0 Å². The SMILES string of the molecule is Cc1cc(C)c(N)c(SC(F)(F)F)c1. The normalized spacial score (nSPS) is 11.8. The minimum absolute atomic E-state index is 0.0787. The predicted octanol–water partition coefficient (Wildman–Crippen LogP) is 3.50. The van der Waals surface area contributed by atoms with E-state index in [1.165, 1.54) is 6.07 Å². The van der Waals surface area contributed by atoms with Crippen molar-refractivity contribution in [2.24, 2.45) is 0 Å². The van der Waals surface area contributed by atoms with E-state index in [-0.39, 0.29) is 22.3 Å². The van der Waals surface area contributed by atoms with Crippen LogP contribution in [0, 0.1) is 13.8 Å². The Kier molecular flexibility index (Phi) is 2.99. The van der Waals surface area contributed by atoms with Gasteiger partial charge in [-0.1, -0.05) is 6.07 Å². The fourth-order valence-electron chi connectivity index (χ4n) is 1.15. The second-order valence-electron chi connectivity index (χ2n) is 3.04. The molecule has 0 spiro atoms. The zero-order valence-electron chi connectivity index (χ0n) is 7.77. The Bertz CT molecular complexity index is 347. The highest BCUT2D eigenvalue weighted by Crippen LogP contribution is 2.40. The van der Waals surface area contributed by atoms with E-state index in [4.69, 9.17) is 5.73 Å². The van der Waals surface area contributed by atoms with Crippen LogP contribution in [-0.2, 0) is 0 Å². The maximum atomic E-state index is 12.1. The first kappa shape index (κ1) is 11.2. The van der Waals surface area contributed by atoms with Gasteiger partial charge in [0.1, 0.15) is 0 Å². The summed E-state index contributed by atoms with van der Waals surface area (Å²) < 4.78 is 36.3. The Morgan fingerprint density at radius 1 is 1.21 bits per heavy atom. The molecule has 0 fully saturated rings. The maximum absolute atomic E-state index is 12.1. The summed E-state index contributed by atoms with van der Waals surface area (Å²) >= 11 is -0.169. The van der Waals surface area contributed by atoms with Gasteiger partial charge in [0.2, 0.25) is 0 Å². The highest BCUT2D eigenvalue weighted by Gasteiger charge is 2.30. The minimum atomic E-state index is -4.28. The number of rotatable bonds is 1. The van der Waals surface area contributed by atoms with Crippen LogP contribution in [0.2, 0.25) is 0 Å². The Hall–Kier alpha value is -0.840. The minimum Gasteiger partial charge on any atom is -0.398 e. The average Bonchev–Trinajstić information content (AvgIpc) is 1.96. The molecule has 5 heteroatoms. The second-order valence-corrected chi connectivity index (χ2v) is 4.15. The molecule has 2 N–H and O–H groups in total. The number of halogens is 3. The van der Waals surface area contributed by atoms with E-state index in [2.05, 4.69) is 0 Å². The van der Waals surface area contributed by atoms with Crippen LogP contribution in [0.1, 0.15) is 11.1 Å². The van der Waals surface area contributed by atoms with Crippen LogP contribution >= 0.6 is 11.8 Å². The summed E-state index contributed by atoms with van der Waals surface area (Å²) in [7, 11) is 0. The molecule has 0 saturated carbocycles. The van der Waals surface area contributed by atoms with E-state index in [0.717, 1.165) is 5.56 Å². The average molecular weight is 221 g/mol. The van der Waals surface area contributed by atoms with E-state index in [1.54, 1.807) is 19.9 Å². The van der Waals surface area contributed by atoms with Crippen molar-refractivity contribution in [3.8, 4) is 0 Å². The largest absolute Gasteiger partial charge is 0.446 e. The Morgan fingerprint density at radius 3 is 2.29 bits per heavy atom. The Morgan fingerprint density at radius 2 is 1.79 bits per heavy atom. The lowest BCUT2D eigenvalue weighted by molar-refractivity contribution is -0.0327. The van der Waals surface area contributed by atoms with Crippen LogP contribution in [0.25, 0.3) is 0 Å². The lowest BCUT2D eigenvalue weighted by Gasteiger charge is -2.11. The van der Waals surface area contributed by atoms with Crippen LogP contribution in [-0.4, -0.2) is 5.51 Å². The van der Waals surface area contributed by atoms with Gasteiger partial charge in [-0.05, 0) is 42.8 Å². The van der Waals surface area contributed by atoms with Gasteiger partial charge in [0, 0.05) is 10.6 Å². The number of nitrogens with two attached hydrogens (primary N) is 1. The molecule has 1 rings (SSSR count). The summed E-state index contributed by atoms with van der Waals surface area (Å²) in [5.41, 5.74) is 2.92. The van der Waals surface area contributed by atoms with Gasteiger partial charge in [-0.2, -0.15) is 13.2 Å². The van der Waals surface area contributed by atoms with Gasteiger partial charge < -0.3 is 5.73 Å². The number of nitrogen functional groups attached to an aromatic ring is 1. The number of alkyl halides is 3. The van der Waals surface area contributed by atoms with Crippen molar-refractivity contribution in [1.82, 2.24) is 0 Å². The second kappa shape index (κ2) is 3.73. The fraction of sp³-hybridized carbons (Fsp3) is 0.333. The fourth-order valence-corrected chi connectivity index (χ4v) is 1.91. The van der Waals surface area contributed by atoms with E-state index in [9.17, 15) is 13.2 Å². The molecule has 78 valence electrons. The van der Waals surface area contributed by atoms with Crippen molar-refractivity contribution >= 4 is 17.4 Å². The maximum Gasteiger partial charge on any atom is 0.446 e. The van der Waals surface area contributed by atoms with Crippen molar-refractivity contribution < 1.29 is 13.2 Å². The number of hydrogen-bond acceptors (Lipinski definition) is 2. The zero-order chi connectivity index (χ0) is 10.9. The van der Waals surface area contributed by atoms with E-state index >= 15 is 0 Å². The molecular formula is C9H10F3NS. The molecule has 1 aromatic carbocycles. The summed E-state index contributed by atoms with van der Waals surface area (Å²) in [6.45, 7) is 3.44. The van der Waals surface area contributed by atoms with Crippen LogP contribution in [0.4, 0.5) is 18.9 Å². The number of thioether (sulfide) groups is 1. The number of hydrogen-bond donors (Lipinski definition) is 1. The monoisotopic (exact) mass is 221 g/mol. The first-order chi connectivity index (χ1) is 6.29. The zero-order valence-corrected chi connectivity index (χ0v) is 8.59. The van der Waals surface area contributed by atoms with Gasteiger partial charge >= 0.3 is 5.51 Å². The number of aryl methyl sites for hydroxylation is 2. The molecule has 1 aromatic rings. The molecule has 14 heavy (non-hydrogen) atoms. The first-order valence-electron chi connectivity index (χ1n) is 3.92. The molecule has 0 aliphatic heterocycles. The molecular weight excluding hydrogens is 211 g/mol. The smallest absolute Gasteiger partial charge is 0.398 e. The Balaban J connectivity index is 3.09. The lowest BCUT2D eigenvalue weighted by Crippen LogP contribution is -2.02. The molecule has 0 aliphatic carbocycles. The summed E-state index contributed by atoms with van der Waals surface area (Å²) in [4.78, 5) is 0.0787. The van der Waals surface area contributed by atoms with E-state index in [0.29, 0.717) is 5.56 Å². The lowest BCUT2D eigenvalue weighted by atomic mass is 10.1. The topological polar surface area (TPSA) is 26.0 Å². The van der Waals surface area contributed by atoms with Gasteiger partial charge in [-0.15, -0.1) is 0 Å². The van der Waals surface area contributed by atoms with Gasteiger partial charge in [-0.25, -0.2) is 0 Å². The predicted molar refractivity (Wildman–Crippen MR) is 52.2 cm³/mol. The van der Waals surface area contributed by atoms with Crippen LogP contribution in [0.5, 0.6) is 0 Å². The van der Waals surface area contributed by atoms with E-state index < -0.39 is 5.51 Å². The molecule has 0 aliphatic rings. The first-order valence-corrected chi connectivity index (χ1v) is 4.74. The molecule has 0 bridgehead atoms. The molecule has 0 saturated heterocycles. The summed E-state index contributed by atoms with van der Waals surface area (Å²) in [5, 5.41) is 0. The molecule has 0 atom stereocenters. The third-order valence-electron chi connectivity index (χ3n) is 1.72. The molecule has 0 heterocycles. The summed E-state index contributed by atoms with van der Waals surface area (Å²) in [6, 6.07) is 3.20. The van der Waals surface area contributed by atoms with Crippen molar-refractivity contribution in [2.75, 3.05) is 5.73 Å². The van der Waals surface area contributed by atoms with Crippen LogP contribution < -0.4 is 5.73 Å². The van der Waals surface area contributed by atoms with Gasteiger partial charge in [0.05, 0.1) is 0 Å². The van der Waals surface area contributed by atoms with Crippen molar-refractivity contribution in [2.45, 2.75) is 24.3 Å². The van der Waals surface area contributed by atoms with Gasteiger partial charge in [-0.3, -0.25) is 0 Å². The molecule has 0 amide bonds. The molecule has 1 nitrogen and oxygen atoms in total. The number of anilines is 1. The Labute approximate surface area is 84.5 Å². The van der Waals surface area contributed by atoms with Crippen LogP contribution in [0.15, 0.2) is 17.0 Å². The van der Waals surface area contributed by atoms with Gasteiger partial charge in [0.15, 0.2) is 0 Å². The van der Waals surface area contributed by atoms with Gasteiger partial charge in [0.25, 0.3) is 0 Å². The third-order valence-corrected chi connectivity index (χ3v) is 2.51. The summed E-state index contributed by atoms with van der Waals surface area (Å²) in [5.74, 6) is 0. The quantitative estimate of drug-likeness (QED) is 0.580. The highest BCUT2D eigenvalue weighted by atomic mass is 32.2. The molecule has 0 aromatic heterocycles. The third kappa shape index (κ3) is 2.83. The van der Waals surface area contributed by atoms with Crippen molar-refractivity contribution in [3.63, 3.8) is 0 Å². The van der Waals surface area contributed by atoms with Crippen LogP contribution in [0.3, 0.4) is 0 Å². The molecule has 0 unspecified atom stereocenters. The van der Waals surface area contributed by atoms with Crippen molar-refractivity contribution in [1.29, 1.82) is 0 Å². The molecule has 0 radical (unpaired) electrons. The number of benzene rings is 1. The summed E-state index contributed by atoms with van der Waals surface area (Å²) in [6.07, 6.45) is 0.